The number of nitrogens with zero attached hydrogens (tertiary/aromatic N) is 2. The van der Waals surface area contributed by atoms with E-state index in [0.29, 0.717) is 25.1 Å². The highest BCUT2D eigenvalue weighted by atomic mass is 127. The minimum Gasteiger partial charge on any atom is -0.493 e. The second-order valence-corrected chi connectivity index (χ2v) is 8.77. The first-order valence-corrected chi connectivity index (χ1v) is 11.5. The van der Waals surface area contributed by atoms with Gasteiger partial charge in [0.15, 0.2) is 5.96 Å². The highest BCUT2D eigenvalue weighted by molar-refractivity contribution is 14.0. The molecule has 1 heterocycles. The Morgan fingerprint density at radius 2 is 1.97 bits per heavy atom. The summed E-state index contributed by atoms with van der Waals surface area (Å²) in [4.78, 5) is 6.67. The average Bonchev–Trinajstić information content (AvgIpc) is 3.32. The van der Waals surface area contributed by atoms with Crippen molar-refractivity contribution >= 4 is 29.9 Å². The van der Waals surface area contributed by atoms with Gasteiger partial charge in [0, 0.05) is 44.3 Å². The van der Waals surface area contributed by atoms with Gasteiger partial charge in [-0.05, 0) is 51.1 Å². The van der Waals surface area contributed by atoms with Crippen molar-refractivity contribution < 1.29 is 9.47 Å². The zero-order valence-electron chi connectivity index (χ0n) is 20.3. The van der Waals surface area contributed by atoms with Crippen LogP contribution in [0, 0.1) is 12.8 Å². The van der Waals surface area contributed by atoms with Crippen molar-refractivity contribution in [1.82, 2.24) is 15.5 Å². The Morgan fingerprint density at radius 1 is 1.18 bits per heavy atom. The van der Waals surface area contributed by atoms with Gasteiger partial charge in [0.25, 0.3) is 0 Å². The monoisotopic (exact) mass is 566 g/mol. The zero-order chi connectivity index (χ0) is 22.8. The van der Waals surface area contributed by atoms with Gasteiger partial charge in [-0.3, -0.25) is 4.99 Å². The molecule has 0 bridgehead atoms. The van der Waals surface area contributed by atoms with E-state index in [1.165, 1.54) is 11.1 Å². The SMILES string of the molecule is CN=C(NCc1ccc(C)cc1OCC1CCOC1)NCC(Cc1ccccc1)N(C)C.I. The molecule has 0 aliphatic carbocycles. The molecule has 6 nitrogen and oxygen atoms in total. The van der Waals surface area contributed by atoms with E-state index in [9.17, 15) is 0 Å². The average molecular weight is 567 g/mol. The molecule has 1 aliphatic heterocycles. The lowest BCUT2D eigenvalue weighted by atomic mass is 10.1. The Kier molecular flexibility index (Phi) is 12.0. The summed E-state index contributed by atoms with van der Waals surface area (Å²) < 4.78 is 11.7. The maximum absolute atomic E-state index is 6.18. The number of ether oxygens (including phenoxy) is 2. The van der Waals surface area contributed by atoms with Gasteiger partial charge in [-0.1, -0.05) is 42.5 Å². The van der Waals surface area contributed by atoms with Gasteiger partial charge in [0.2, 0.25) is 0 Å². The molecule has 0 radical (unpaired) electrons. The Bertz CT molecular complexity index is 855. The normalized spacial score (nSPS) is 16.9. The predicted molar refractivity (Wildman–Crippen MR) is 147 cm³/mol. The van der Waals surface area contributed by atoms with E-state index in [0.717, 1.165) is 49.9 Å². The largest absolute Gasteiger partial charge is 0.493 e. The molecule has 0 saturated carbocycles. The van der Waals surface area contributed by atoms with Crippen molar-refractivity contribution in [2.75, 3.05) is 47.5 Å². The Balaban J connectivity index is 0.00000385. The number of halogens is 1. The lowest BCUT2D eigenvalue weighted by Gasteiger charge is -2.26. The van der Waals surface area contributed by atoms with Crippen LogP contribution in [0.4, 0.5) is 0 Å². The molecule has 2 aromatic rings. The van der Waals surface area contributed by atoms with Gasteiger partial charge < -0.3 is 25.0 Å². The van der Waals surface area contributed by atoms with Crippen molar-refractivity contribution in [3.8, 4) is 5.75 Å². The quantitative estimate of drug-likeness (QED) is 0.260. The number of likely N-dealkylation sites (N-methyl/N-ethyl adjacent to an activating group) is 1. The molecule has 1 saturated heterocycles. The van der Waals surface area contributed by atoms with E-state index in [4.69, 9.17) is 9.47 Å². The number of guanidine groups is 1. The molecule has 2 N–H and O–H groups in total. The topological polar surface area (TPSA) is 58.1 Å². The van der Waals surface area contributed by atoms with Crippen LogP contribution in [0.1, 0.15) is 23.1 Å². The van der Waals surface area contributed by atoms with Gasteiger partial charge in [-0.2, -0.15) is 0 Å². The van der Waals surface area contributed by atoms with Gasteiger partial charge >= 0.3 is 0 Å². The number of benzene rings is 2. The first-order valence-electron chi connectivity index (χ1n) is 11.5. The molecule has 2 aromatic carbocycles. The Hall–Kier alpha value is -1.84. The predicted octanol–water partition coefficient (Wildman–Crippen LogP) is 3.87. The highest BCUT2D eigenvalue weighted by Gasteiger charge is 2.17. The maximum atomic E-state index is 6.18. The summed E-state index contributed by atoms with van der Waals surface area (Å²) in [5.74, 6) is 2.22. The molecule has 0 amide bonds. The van der Waals surface area contributed by atoms with Gasteiger partial charge in [-0.25, -0.2) is 0 Å². The summed E-state index contributed by atoms with van der Waals surface area (Å²) in [5.41, 5.74) is 3.67. The van der Waals surface area contributed by atoms with Crippen LogP contribution < -0.4 is 15.4 Å². The Labute approximate surface area is 216 Å². The highest BCUT2D eigenvalue weighted by Crippen LogP contribution is 2.22. The summed E-state index contributed by atoms with van der Waals surface area (Å²) >= 11 is 0. The fourth-order valence-corrected chi connectivity index (χ4v) is 3.80. The fraction of sp³-hybridized carbons (Fsp3) is 0.500. The summed E-state index contributed by atoms with van der Waals surface area (Å²) in [6.45, 7) is 5.90. The Morgan fingerprint density at radius 3 is 2.64 bits per heavy atom. The molecule has 3 rings (SSSR count). The fourth-order valence-electron chi connectivity index (χ4n) is 3.80. The van der Waals surface area contributed by atoms with Crippen LogP contribution in [0.2, 0.25) is 0 Å². The first kappa shape index (κ1) is 27.4. The molecular weight excluding hydrogens is 527 g/mol. The van der Waals surface area contributed by atoms with Crippen LogP contribution in [0.5, 0.6) is 5.75 Å². The smallest absolute Gasteiger partial charge is 0.191 e. The van der Waals surface area contributed by atoms with Gasteiger partial charge in [-0.15, -0.1) is 24.0 Å². The van der Waals surface area contributed by atoms with Crippen molar-refractivity contribution in [3.63, 3.8) is 0 Å². The van der Waals surface area contributed by atoms with E-state index in [1.54, 1.807) is 0 Å². The standard InChI is InChI=1S/C26H38N4O2.HI/c1-20-10-11-23(25(14-20)32-19-22-12-13-31-18-22)16-28-26(27-2)29-17-24(30(3)4)15-21-8-6-5-7-9-21;/h5-11,14,22,24H,12-13,15-19H2,1-4H3,(H2,27,28,29);1H. The van der Waals surface area contributed by atoms with Crippen molar-refractivity contribution in [2.24, 2.45) is 10.9 Å². The molecule has 1 fully saturated rings. The van der Waals surface area contributed by atoms with Crippen molar-refractivity contribution in [2.45, 2.75) is 32.4 Å². The molecular formula is C26H39IN4O2. The number of nitrogens with one attached hydrogen (secondary N) is 2. The van der Waals surface area contributed by atoms with E-state index >= 15 is 0 Å². The summed E-state index contributed by atoms with van der Waals surface area (Å²) in [7, 11) is 6.05. The van der Waals surface area contributed by atoms with Crippen LogP contribution >= 0.6 is 24.0 Å². The lowest BCUT2D eigenvalue weighted by Crippen LogP contribution is -2.45. The molecule has 1 aliphatic rings. The van der Waals surface area contributed by atoms with Crippen molar-refractivity contribution in [3.05, 3.63) is 65.2 Å². The molecule has 7 heteroatoms. The van der Waals surface area contributed by atoms with E-state index in [2.05, 4.69) is 90.1 Å². The second-order valence-electron chi connectivity index (χ2n) is 8.77. The number of rotatable bonds is 10. The third-order valence-corrected chi connectivity index (χ3v) is 5.94. The minimum atomic E-state index is 0. The molecule has 2 atom stereocenters. The van der Waals surface area contributed by atoms with Crippen LogP contribution in [0.25, 0.3) is 0 Å². The summed E-state index contributed by atoms with van der Waals surface area (Å²) in [5, 5.41) is 6.94. The number of aryl methyl sites for hydroxylation is 1. The molecule has 0 spiro atoms. The number of aliphatic imine (C=N–C) groups is 1. The second kappa shape index (κ2) is 14.4. The molecule has 33 heavy (non-hydrogen) atoms. The molecule has 2 unspecified atom stereocenters. The van der Waals surface area contributed by atoms with Crippen molar-refractivity contribution in [1.29, 1.82) is 0 Å². The number of hydrogen-bond donors (Lipinski definition) is 2. The lowest BCUT2D eigenvalue weighted by molar-refractivity contribution is 0.166. The van der Waals surface area contributed by atoms with E-state index < -0.39 is 0 Å². The number of hydrogen-bond acceptors (Lipinski definition) is 4. The maximum Gasteiger partial charge on any atom is 0.191 e. The minimum absolute atomic E-state index is 0. The zero-order valence-corrected chi connectivity index (χ0v) is 22.7. The van der Waals surface area contributed by atoms with E-state index in [1.807, 2.05) is 7.05 Å². The van der Waals surface area contributed by atoms with Crippen LogP contribution in [0.3, 0.4) is 0 Å². The summed E-state index contributed by atoms with van der Waals surface area (Å²) in [6.07, 6.45) is 2.06. The first-order chi connectivity index (χ1) is 15.5. The van der Waals surface area contributed by atoms with Crippen LogP contribution in [-0.4, -0.2) is 64.4 Å². The van der Waals surface area contributed by atoms with E-state index in [-0.39, 0.29) is 24.0 Å². The van der Waals surface area contributed by atoms with Crippen LogP contribution in [0.15, 0.2) is 53.5 Å². The third kappa shape index (κ3) is 9.14. The van der Waals surface area contributed by atoms with Crippen LogP contribution in [-0.2, 0) is 17.7 Å². The third-order valence-electron chi connectivity index (χ3n) is 5.94. The molecule has 0 aromatic heterocycles. The molecule has 182 valence electrons. The summed E-state index contributed by atoms with van der Waals surface area (Å²) in [6, 6.07) is 17.3. The van der Waals surface area contributed by atoms with Gasteiger partial charge in [0.1, 0.15) is 5.75 Å². The van der Waals surface area contributed by atoms with Gasteiger partial charge in [0.05, 0.1) is 13.2 Å².